The third-order valence-corrected chi connectivity index (χ3v) is 2.99. The molecule has 0 amide bonds. The van der Waals surface area contributed by atoms with Gasteiger partial charge in [-0.05, 0) is 40.7 Å². The molecule has 0 saturated heterocycles. The minimum absolute atomic E-state index is 0.270. The Morgan fingerprint density at radius 2 is 2.29 bits per heavy atom. The van der Waals surface area contributed by atoms with Crippen LogP contribution in [0.2, 0.25) is 0 Å². The second-order valence-corrected chi connectivity index (χ2v) is 4.52. The van der Waals surface area contributed by atoms with Crippen molar-refractivity contribution in [2.45, 2.75) is 13.5 Å². The normalized spacial score (nSPS) is 10.8. The highest BCUT2D eigenvalue weighted by Crippen LogP contribution is 2.23. The van der Waals surface area contributed by atoms with Crippen LogP contribution in [-0.4, -0.2) is 16.5 Å². The third kappa shape index (κ3) is 2.92. The van der Waals surface area contributed by atoms with Crippen LogP contribution in [0.1, 0.15) is 12.6 Å². The van der Waals surface area contributed by atoms with Gasteiger partial charge in [-0.15, -0.1) is 0 Å². The minimum Gasteiger partial charge on any atom is -0.341 e. The van der Waals surface area contributed by atoms with Crippen molar-refractivity contribution >= 4 is 15.9 Å². The Morgan fingerprint density at radius 1 is 1.47 bits per heavy atom. The van der Waals surface area contributed by atoms with Crippen LogP contribution >= 0.6 is 15.9 Å². The number of H-pyrrole nitrogens is 1. The monoisotopic (exact) mass is 297 g/mol. The molecule has 2 aromatic rings. The van der Waals surface area contributed by atoms with E-state index in [4.69, 9.17) is 0 Å². The third-order valence-electron chi connectivity index (χ3n) is 2.39. The number of imidazole rings is 1. The van der Waals surface area contributed by atoms with Crippen LogP contribution in [0.15, 0.2) is 28.9 Å². The summed E-state index contributed by atoms with van der Waals surface area (Å²) in [5, 5.41) is 3.21. The smallest absolute Gasteiger partial charge is 0.137 e. The lowest BCUT2D eigenvalue weighted by molar-refractivity contribution is 0.621. The van der Waals surface area contributed by atoms with Crippen molar-refractivity contribution in [1.82, 2.24) is 15.3 Å². The topological polar surface area (TPSA) is 40.7 Å². The van der Waals surface area contributed by atoms with E-state index in [1.54, 1.807) is 18.3 Å². The second kappa shape index (κ2) is 5.42. The molecule has 1 heterocycles. The fraction of sp³-hybridized carbons (Fsp3) is 0.250. The Labute approximate surface area is 108 Å². The Hall–Kier alpha value is -1.20. The summed E-state index contributed by atoms with van der Waals surface area (Å²) in [7, 11) is 0. The molecule has 2 N–H and O–H groups in total. The quantitative estimate of drug-likeness (QED) is 0.910. The summed E-state index contributed by atoms with van der Waals surface area (Å²) in [6.07, 6.45) is 1.79. The van der Waals surface area contributed by atoms with Crippen molar-refractivity contribution in [2.24, 2.45) is 0 Å². The number of aromatic nitrogens is 2. The van der Waals surface area contributed by atoms with E-state index < -0.39 is 0 Å². The molecule has 2 rings (SSSR count). The van der Waals surface area contributed by atoms with Gasteiger partial charge in [0.1, 0.15) is 11.6 Å². The number of benzene rings is 1. The SMILES string of the molecule is CCNCc1cnc(-c2ccc(F)c(Br)c2)[nH]1. The first-order chi connectivity index (χ1) is 8.20. The number of rotatable bonds is 4. The first-order valence-electron chi connectivity index (χ1n) is 5.40. The van der Waals surface area contributed by atoms with Gasteiger partial charge in [0.2, 0.25) is 0 Å². The summed E-state index contributed by atoms with van der Waals surface area (Å²) >= 11 is 3.16. The zero-order valence-corrected chi connectivity index (χ0v) is 11.0. The molecular weight excluding hydrogens is 285 g/mol. The standard InChI is InChI=1S/C12H13BrFN3/c1-2-15-6-9-7-16-12(17-9)8-3-4-11(14)10(13)5-8/h3-5,7,15H,2,6H2,1H3,(H,16,17). The molecule has 0 fully saturated rings. The van der Waals surface area contributed by atoms with E-state index in [1.807, 2.05) is 6.92 Å². The van der Waals surface area contributed by atoms with Crippen LogP contribution < -0.4 is 5.32 Å². The van der Waals surface area contributed by atoms with Crippen molar-refractivity contribution in [3.8, 4) is 11.4 Å². The lowest BCUT2D eigenvalue weighted by atomic mass is 10.2. The number of halogens is 2. The minimum atomic E-state index is -0.270. The number of hydrogen-bond acceptors (Lipinski definition) is 2. The van der Waals surface area contributed by atoms with Crippen LogP contribution in [0.3, 0.4) is 0 Å². The molecule has 17 heavy (non-hydrogen) atoms. The summed E-state index contributed by atoms with van der Waals surface area (Å²) in [5.41, 5.74) is 1.88. The Morgan fingerprint density at radius 3 is 3.00 bits per heavy atom. The molecular formula is C12H13BrFN3. The fourth-order valence-electron chi connectivity index (χ4n) is 1.50. The van der Waals surface area contributed by atoms with Gasteiger partial charge in [0.25, 0.3) is 0 Å². The lowest BCUT2D eigenvalue weighted by Gasteiger charge is -2.00. The van der Waals surface area contributed by atoms with Crippen molar-refractivity contribution < 1.29 is 4.39 Å². The van der Waals surface area contributed by atoms with E-state index in [9.17, 15) is 4.39 Å². The summed E-state index contributed by atoms with van der Waals surface area (Å²) in [5.74, 6) is 0.479. The second-order valence-electron chi connectivity index (χ2n) is 3.67. The maximum Gasteiger partial charge on any atom is 0.137 e. The Bertz CT molecular complexity index is 510. The van der Waals surface area contributed by atoms with Gasteiger partial charge < -0.3 is 10.3 Å². The number of hydrogen-bond donors (Lipinski definition) is 2. The number of nitrogens with one attached hydrogen (secondary N) is 2. The molecule has 1 aromatic heterocycles. The van der Waals surface area contributed by atoms with Gasteiger partial charge >= 0.3 is 0 Å². The van der Waals surface area contributed by atoms with Crippen molar-refractivity contribution in [1.29, 1.82) is 0 Å². The highest BCUT2D eigenvalue weighted by atomic mass is 79.9. The van der Waals surface area contributed by atoms with Crippen LogP contribution in [0.4, 0.5) is 4.39 Å². The molecule has 1 aromatic carbocycles. The van der Waals surface area contributed by atoms with Crippen LogP contribution in [0.25, 0.3) is 11.4 Å². The maximum atomic E-state index is 13.1. The fourth-order valence-corrected chi connectivity index (χ4v) is 1.88. The van der Waals surface area contributed by atoms with E-state index in [2.05, 4.69) is 31.2 Å². The summed E-state index contributed by atoms with van der Waals surface area (Å²) in [6, 6.07) is 4.84. The molecule has 0 radical (unpaired) electrons. The van der Waals surface area contributed by atoms with E-state index in [1.165, 1.54) is 6.07 Å². The van der Waals surface area contributed by atoms with Gasteiger partial charge in [0.15, 0.2) is 0 Å². The van der Waals surface area contributed by atoms with Crippen molar-refractivity contribution in [2.75, 3.05) is 6.54 Å². The molecule has 90 valence electrons. The van der Waals surface area contributed by atoms with Crippen molar-refractivity contribution in [3.63, 3.8) is 0 Å². The average Bonchev–Trinajstić information content (AvgIpc) is 2.79. The van der Waals surface area contributed by atoms with Crippen LogP contribution in [-0.2, 0) is 6.54 Å². The molecule has 0 bridgehead atoms. The van der Waals surface area contributed by atoms with E-state index in [0.29, 0.717) is 4.47 Å². The lowest BCUT2D eigenvalue weighted by Crippen LogP contribution is -2.11. The molecule has 0 saturated carbocycles. The maximum absolute atomic E-state index is 13.1. The Kier molecular flexibility index (Phi) is 3.91. The summed E-state index contributed by atoms with van der Waals surface area (Å²) in [6.45, 7) is 3.72. The van der Waals surface area contributed by atoms with Crippen LogP contribution in [0, 0.1) is 5.82 Å². The molecule has 0 aliphatic carbocycles. The molecule has 0 unspecified atom stereocenters. The molecule has 0 spiro atoms. The van der Waals surface area contributed by atoms with E-state index in [-0.39, 0.29) is 5.82 Å². The van der Waals surface area contributed by atoms with Gasteiger partial charge in [0.05, 0.1) is 4.47 Å². The zero-order valence-electron chi connectivity index (χ0n) is 9.43. The number of aromatic amines is 1. The molecule has 0 atom stereocenters. The van der Waals surface area contributed by atoms with E-state index in [0.717, 1.165) is 30.2 Å². The largest absolute Gasteiger partial charge is 0.341 e. The van der Waals surface area contributed by atoms with Gasteiger partial charge in [-0.3, -0.25) is 0 Å². The van der Waals surface area contributed by atoms with Gasteiger partial charge in [0, 0.05) is 24.0 Å². The van der Waals surface area contributed by atoms with Gasteiger partial charge in [-0.25, -0.2) is 9.37 Å². The van der Waals surface area contributed by atoms with Crippen LogP contribution in [0.5, 0.6) is 0 Å². The van der Waals surface area contributed by atoms with Gasteiger partial charge in [-0.1, -0.05) is 6.92 Å². The molecule has 0 aliphatic rings. The highest BCUT2D eigenvalue weighted by molar-refractivity contribution is 9.10. The molecule has 0 aliphatic heterocycles. The number of nitrogens with zero attached hydrogens (tertiary/aromatic N) is 1. The first-order valence-corrected chi connectivity index (χ1v) is 6.20. The first kappa shape index (κ1) is 12.3. The summed E-state index contributed by atoms with van der Waals surface area (Å²) in [4.78, 5) is 7.47. The predicted octanol–water partition coefficient (Wildman–Crippen LogP) is 3.09. The van der Waals surface area contributed by atoms with Gasteiger partial charge in [-0.2, -0.15) is 0 Å². The highest BCUT2D eigenvalue weighted by Gasteiger charge is 2.06. The average molecular weight is 298 g/mol. The molecule has 3 nitrogen and oxygen atoms in total. The zero-order chi connectivity index (χ0) is 12.3. The van der Waals surface area contributed by atoms with E-state index >= 15 is 0 Å². The summed E-state index contributed by atoms with van der Waals surface area (Å²) < 4.78 is 13.5. The molecule has 5 heteroatoms. The van der Waals surface area contributed by atoms with Crippen molar-refractivity contribution in [3.05, 3.63) is 40.4 Å². The Balaban J connectivity index is 2.21. The predicted molar refractivity (Wildman–Crippen MR) is 69.1 cm³/mol.